The molecule has 0 radical (unpaired) electrons. The first-order chi connectivity index (χ1) is 12.9. The summed E-state index contributed by atoms with van der Waals surface area (Å²) < 4.78 is 8.92. The van der Waals surface area contributed by atoms with E-state index in [1.807, 2.05) is 24.3 Å². The lowest BCUT2D eigenvalue weighted by Crippen LogP contribution is -2.05. The zero-order valence-electron chi connectivity index (χ0n) is 14.5. The summed E-state index contributed by atoms with van der Waals surface area (Å²) in [6.07, 6.45) is 0. The quantitative estimate of drug-likeness (QED) is 0.321. The van der Waals surface area contributed by atoms with Crippen LogP contribution in [-0.2, 0) is 13.2 Å². The third-order valence-corrected chi connectivity index (χ3v) is 6.27. The lowest BCUT2D eigenvalue weighted by Gasteiger charge is -2.16. The van der Waals surface area contributed by atoms with Gasteiger partial charge in [-0.1, -0.05) is 57.4 Å². The molecule has 3 aromatic rings. The molecule has 140 valence electrons. The fourth-order valence-electron chi connectivity index (χ4n) is 2.55. The average Bonchev–Trinajstić information content (AvgIpc) is 2.63. The number of aryl methyl sites for hydroxylation is 1. The van der Waals surface area contributed by atoms with Crippen LogP contribution in [0.4, 0.5) is 5.69 Å². The van der Waals surface area contributed by atoms with Crippen LogP contribution in [0.1, 0.15) is 16.7 Å². The minimum absolute atomic E-state index is 0.512. The maximum absolute atomic E-state index is 6.18. The highest BCUT2D eigenvalue weighted by molar-refractivity contribution is 9.11. The van der Waals surface area contributed by atoms with Gasteiger partial charge in [-0.15, -0.1) is 0 Å². The highest BCUT2D eigenvalue weighted by Crippen LogP contribution is 2.34. The van der Waals surface area contributed by atoms with Crippen molar-refractivity contribution in [2.45, 2.75) is 20.1 Å². The van der Waals surface area contributed by atoms with E-state index >= 15 is 0 Å². The first-order valence-corrected chi connectivity index (χ1v) is 11.0. The molecule has 3 aromatic carbocycles. The van der Waals surface area contributed by atoms with Gasteiger partial charge >= 0.3 is 0 Å². The molecule has 0 saturated heterocycles. The fraction of sp³-hybridized carbons (Fsp3) is 0.143. The monoisotopic (exact) mass is 571 g/mol. The molecule has 0 aliphatic carbocycles. The molecule has 1 N–H and O–H groups in total. The maximum Gasteiger partial charge on any atom is 0.139 e. The third kappa shape index (κ3) is 5.74. The molecule has 0 aliphatic heterocycles. The van der Waals surface area contributed by atoms with E-state index in [0.29, 0.717) is 18.2 Å². The Morgan fingerprint density at radius 3 is 2.37 bits per heavy atom. The van der Waals surface area contributed by atoms with E-state index in [9.17, 15) is 0 Å². The standard InChI is InChI=1S/C21H17Br3ClNO/c1-13-2-4-14(5-3-13)12-27-21-15(8-16(22)9-19(21)24)11-26-17-6-7-18(23)20(25)10-17/h2-10,26H,11-12H2,1H3. The van der Waals surface area contributed by atoms with Gasteiger partial charge in [0.15, 0.2) is 0 Å². The SMILES string of the molecule is Cc1ccc(COc2c(Br)cc(Br)cc2CNc2ccc(Br)c(Cl)c2)cc1. The number of benzene rings is 3. The van der Waals surface area contributed by atoms with E-state index in [4.69, 9.17) is 16.3 Å². The van der Waals surface area contributed by atoms with Gasteiger partial charge < -0.3 is 10.1 Å². The molecule has 0 aromatic heterocycles. The second-order valence-electron chi connectivity index (χ2n) is 6.13. The van der Waals surface area contributed by atoms with Crippen LogP contribution in [0.25, 0.3) is 0 Å². The lowest BCUT2D eigenvalue weighted by molar-refractivity contribution is 0.301. The van der Waals surface area contributed by atoms with Gasteiger partial charge in [0.05, 0.1) is 9.50 Å². The normalized spacial score (nSPS) is 10.7. The van der Waals surface area contributed by atoms with Gasteiger partial charge in [-0.2, -0.15) is 0 Å². The molecular weight excluding hydrogens is 557 g/mol. The van der Waals surface area contributed by atoms with Gasteiger partial charge in [0.1, 0.15) is 12.4 Å². The second kappa shape index (κ2) is 9.46. The van der Waals surface area contributed by atoms with Gasteiger partial charge in [0.2, 0.25) is 0 Å². The molecule has 0 unspecified atom stereocenters. The Morgan fingerprint density at radius 2 is 1.67 bits per heavy atom. The molecule has 0 fully saturated rings. The zero-order chi connectivity index (χ0) is 19.4. The molecule has 3 rings (SSSR count). The number of anilines is 1. The number of halogens is 4. The van der Waals surface area contributed by atoms with Crippen molar-refractivity contribution in [1.29, 1.82) is 0 Å². The van der Waals surface area contributed by atoms with Crippen LogP contribution in [0.2, 0.25) is 5.02 Å². The van der Waals surface area contributed by atoms with Crippen LogP contribution in [0.15, 0.2) is 68.0 Å². The predicted molar refractivity (Wildman–Crippen MR) is 124 cm³/mol. The molecule has 0 aliphatic rings. The first kappa shape index (κ1) is 20.7. The first-order valence-electron chi connectivity index (χ1n) is 8.27. The Hall–Kier alpha value is -1.01. The van der Waals surface area contributed by atoms with Crippen molar-refractivity contribution in [2.24, 2.45) is 0 Å². The Balaban J connectivity index is 1.77. The predicted octanol–water partition coefficient (Wildman–Crippen LogP) is 8.13. The smallest absolute Gasteiger partial charge is 0.139 e. The lowest BCUT2D eigenvalue weighted by atomic mass is 10.1. The summed E-state index contributed by atoms with van der Waals surface area (Å²) in [5.74, 6) is 0.828. The maximum atomic E-state index is 6.18. The van der Waals surface area contributed by atoms with E-state index in [2.05, 4.69) is 90.4 Å². The highest BCUT2D eigenvalue weighted by atomic mass is 79.9. The van der Waals surface area contributed by atoms with Crippen LogP contribution in [0.5, 0.6) is 5.75 Å². The minimum atomic E-state index is 0.512. The van der Waals surface area contributed by atoms with Crippen LogP contribution in [0.3, 0.4) is 0 Å². The van der Waals surface area contributed by atoms with Crippen molar-refractivity contribution in [3.8, 4) is 5.75 Å². The summed E-state index contributed by atoms with van der Waals surface area (Å²) in [5.41, 5.74) is 4.36. The number of rotatable bonds is 6. The van der Waals surface area contributed by atoms with Gasteiger partial charge in [0.25, 0.3) is 0 Å². The zero-order valence-corrected chi connectivity index (χ0v) is 20.0. The summed E-state index contributed by atoms with van der Waals surface area (Å²) in [7, 11) is 0. The molecule has 27 heavy (non-hydrogen) atoms. The van der Waals surface area contributed by atoms with E-state index in [-0.39, 0.29) is 0 Å². The summed E-state index contributed by atoms with van der Waals surface area (Å²) >= 11 is 16.8. The molecule has 0 amide bonds. The molecule has 0 atom stereocenters. The van der Waals surface area contributed by atoms with Crippen LogP contribution in [0, 0.1) is 6.92 Å². The van der Waals surface area contributed by atoms with Crippen molar-refractivity contribution in [3.05, 3.63) is 89.7 Å². The van der Waals surface area contributed by atoms with Crippen LogP contribution in [-0.4, -0.2) is 0 Å². The van der Waals surface area contributed by atoms with Gasteiger partial charge in [0, 0.05) is 26.7 Å². The minimum Gasteiger partial charge on any atom is -0.487 e. The third-order valence-electron chi connectivity index (χ3n) is 3.99. The highest BCUT2D eigenvalue weighted by Gasteiger charge is 2.11. The van der Waals surface area contributed by atoms with Crippen molar-refractivity contribution < 1.29 is 4.74 Å². The molecule has 0 spiro atoms. The average molecular weight is 575 g/mol. The summed E-state index contributed by atoms with van der Waals surface area (Å²) in [4.78, 5) is 0. The molecule has 6 heteroatoms. The number of ether oxygens (including phenoxy) is 1. The number of nitrogens with one attached hydrogen (secondary N) is 1. The molecule has 0 saturated carbocycles. The fourth-order valence-corrected chi connectivity index (χ4v) is 4.41. The largest absolute Gasteiger partial charge is 0.487 e. The van der Waals surface area contributed by atoms with Gasteiger partial charge in [-0.25, -0.2) is 0 Å². The van der Waals surface area contributed by atoms with Gasteiger partial charge in [-0.05, 0) is 74.7 Å². The van der Waals surface area contributed by atoms with E-state index in [0.717, 1.165) is 36.0 Å². The summed E-state index contributed by atoms with van der Waals surface area (Å²) in [6, 6.07) is 18.2. The van der Waals surface area contributed by atoms with Crippen molar-refractivity contribution >= 4 is 65.1 Å². The Bertz CT molecular complexity index is 945. The summed E-state index contributed by atoms with van der Waals surface area (Å²) in [6.45, 7) is 3.20. The van der Waals surface area contributed by atoms with Crippen LogP contribution >= 0.6 is 59.4 Å². The number of hydrogen-bond donors (Lipinski definition) is 1. The summed E-state index contributed by atoms with van der Waals surface area (Å²) in [5, 5.41) is 4.08. The Kier molecular flexibility index (Phi) is 7.26. The van der Waals surface area contributed by atoms with Crippen molar-refractivity contribution in [3.63, 3.8) is 0 Å². The molecular formula is C21H17Br3ClNO. The van der Waals surface area contributed by atoms with E-state index in [1.165, 1.54) is 5.56 Å². The van der Waals surface area contributed by atoms with E-state index in [1.54, 1.807) is 0 Å². The van der Waals surface area contributed by atoms with E-state index < -0.39 is 0 Å². The van der Waals surface area contributed by atoms with Crippen molar-refractivity contribution in [2.75, 3.05) is 5.32 Å². The van der Waals surface area contributed by atoms with Gasteiger partial charge in [-0.3, -0.25) is 0 Å². The van der Waals surface area contributed by atoms with Crippen molar-refractivity contribution in [1.82, 2.24) is 0 Å². The Labute approximate surface area is 189 Å². The topological polar surface area (TPSA) is 21.3 Å². The second-order valence-corrected chi connectivity index (χ2v) is 9.16. The Morgan fingerprint density at radius 1 is 0.926 bits per heavy atom. The molecule has 0 bridgehead atoms. The van der Waals surface area contributed by atoms with Crippen LogP contribution < -0.4 is 10.1 Å². The molecule has 0 heterocycles. The molecule has 2 nitrogen and oxygen atoms in total. The number of hydrogen-bond acceptors (Lipinski definition) is 2.